The SMILES string of the molecule is CCCC(C)N(C)c1nc2sccn2c1CN. The van der Waals surface area contributed by atoms with Crippen LogP contribution in [0.5, 0.6) is 0 Å². The molecule has 2 rings (SSSR count). The maximum Gasteiger partial charge on any atom is 0.195 e. The summed E-state index contributed by atoms with van der Waals surface area (Å²) in [6, 6.07) is 0.495. The Morgan fingerprint density at radius 2 is 2.35 bits per heavy atom. The van der Waals surface area contributed by atoms with Gasteiger partial charge < -0.3 is 10.6 Å². The molecule has 0 amide bonds. The van der Waals surface area contributed by atoms with E-state index in [1.54, 1.807) is 11.3 Å². The van der Waals surface area contributed by atoms with Gasteiger partial charge in [-0.05, 0) is 13.3 Å². The van der Waals surface area contributed by atoms with Gasteiger partial charge in [0.05, 0.1) is 5.69 Å². The number of imidazole rings is 1. The number of nitrogens with two attached hydrogens (primary N) is 1. The number of fused-ring (bicyclic) bond motifs is 1. The molecule has 2 N–H and O–H groups in total. The Labute approximate surface area is 106 Å². The molecule has 2 aromatic heterocycles. The molecule has 94 valence electrons. The first-order chi connectivity index (χ1) is 8.19. The minimum atomic E-state index is 0.495. The Morgan fingerprint density at radius 1 is 1.59 bits per heavy atom. The Balaban J connectivity index is 2.36. The van der Waals surface area contributed by atoms with Crippen LogP contribution in [-0.2, 0) is 6.54 Å². The Bertz CT molecular complexity index is 488. The van der Waals surface area contributed by atoms with Crippen molar-refractivity contribution in [1.29, 1.82) is 0 Å². The lowest BCUT2D eigenvalue weighted by Crippen LogP contribution is -2.30. The smallest absolute Gasteiger partial charge is 0.195 e. The highest BCUT2D eigenvalue weighted by Crippen LogP contribution is 2.25. The highest BCUT2D eigenvalue weighted by Gasteiger charge is 2.18. The maximum absolute atomic E-state index is 5.85. The van der Waals surface area contributed by atoms with Crippen molar-refractivity contribution in [3.8, 4) is 0 Å². The first kappa shape index (κ1) is 12.4. The van der Waals surface area contributed by atoms with Gasteiger partial charge in [0.15, 0.2) is 10.8 Å². The molecule has 0 fully saturated rings. The van der Waals surface area contributed by atoms with Crippen molar-refractivity contribution in [1.82, 2.24) is 9.38 Å². The summed E-state index contributed by atoms with van der Waals surface area (Å²) < 4.78 is 2.09. The number of thiazole rings is 1. The molecule has 0 spiro atoms. The van der Waals surface area contributed by atoms with E-state index < -0.39 is 0 Å². The monoisotopic (exact) mass is 252 g/mol. The summed E-state index contributed by atoms with van der Waals surface area (Å²) in [7, 11) is 2.10. The Hall–Kier alpha value is -1.07. The molecule has 0 saturated carbocycles. The summed E-state index contributed by atoms with van der Waals surface area (Å²) >= 11 is 1.65. The van der Waals surface area contributed by atoms with Crippen molar-refractivity contribution in [3.63, 3.8) is 0 Å². The Morgan fingerprint density at radius 3 is 3.00 bits per heavy atom. The molecule has 0 aliphatic rings. The van der Waals surface area contributed by atoms with Crippen molar-refractivity contribution >= 4 is 22.1 Å². The first-order valence-corrected chi connectivity index (χ1v) is 6.94. The standard InChI is InChI=1S/C12H20N4S/c1-4-5-9(2)15(3)11-10(8-13)16-6-7-17-12(16)14-11/h6-7,9H,4-5,8,13H2,1-3H3. The number of hydrogen-bond acceptors (Lipinski definition) is 4. The summed E-state index contributed by atoms with van der Waals surface area (Å²) in [5.41, 5.74) is 6.95. The number of hydrogen-bond donors (Lipinski definition) is 1. The molecule has 17 heavy (non-hydrogen) atoms. The predicted molar refractivity (Wildman–Crippen MR) is 73.7 cm³/mol. The minimum absolute atomic E-state index is 0.495. The molecule has 0 bridgehead atoms. The van der Waals surface area contributed by atoms with E-state index in [9.17, 15) is 0 Å². The highest BCUT2D eigenvalue weighted by atomic mass is 32.1. The van der Waals surface area contributed by atoms with E-state index in [0.29, 0.717) is 12.6 Å². The normalized spacial score (nSPS) is 13.2. The van der Waals surface area contributed by atoms with Crippen LogP contribution in [0.4, 0.5) is 5.82 Å². The summed E-state index contributed by atoms with van der Waals surface area (Å²) in [5.74, 6) is 1.03. The summed E-state index contributed by atoms with van der Waals surface area (Å²) in [6.45, 7) is 4.97. The van der Waals surface area contributed by atoms with E-state index in [2.05, 4.69) is 35.2 Å². The molecule has 0 radical (unpaired) electrons. The maximum atomic E-state index is 5.85. The van der Waals surface area contributed by atoms with Crippen LogP contribution in [-0.4, -0.2) is 22.5 Å². The molecule has 4 nitrogen and oxygen atoms in total. The lowest BCUT2D eigenvalue weighted by atomic mass is 10.1. The van der Waals surface area contributed by atoms with Gasteiger partial charge in [0.1, 0.15) is 0 Å². The average molecular weight is 252 g/mol. The van der Waals surface area contributed by atoms with Crippen molar-refractivity contribution < 1.29 is 0 Å². The van der Waals surface area contributed by atoms with Crippen molar-refractivity contribution in [2.45, 2.75) is 39.3 Å². The van der Waals surface area contributed by atoms with Crippen molar-refractivity contribution in [2.24, 2.45) is 5.73 Å². The van der Waals surface area contributed by atoms with Gasteiger partial charge in [-0.2, -0.15) is 0 Å². The Kier molecular flexibility index (Phi) is 3.69. The van der Waals surface area contributed by atoms with Gasteiger partial charge in [-0.15, -0.1) is 11.3 Å². The lowest BCUT2D eigenvalue weighted by Gasteiger charge is -2.25. The fraction of sp³-hybridized carbons (Fsp3) is 0.583. The average Bonchev–Trinajstić information content (AvgIpc) is 2.87. The van der Waals surface area contributed by atoms with Crippen LogP contribution in [0, 0.1) is 0 Å². The van der Waals surface area contributed by atoms with Crippen LogP contribution >= 0.6 is 11.3 Å². The van der Waals surface area contributed by atoms with Crippen LogP contribution in [0.15, 0.2) is 11.6 Å². The van der Waals surface area contributed by atoms with Crippen molar-refractivity contribution in [2.75, 3.05) is 11.9 Å². The molecule has 0 aliphatic heterocycles. The van der Waals surface area contributed by atoms with Gasteiger partial charge in [-0.3, -0.25) is 4.40 Å². The topological polar surface area (TPSA) is 46.6 Å². The van der Waals surface area contributed by atoms with E-state index in [4.69, 9.17) is 5.73 Å². The lowest BCUT2D eigenvalue weighted by molar-refractivity contribution is 0.610. The largest absolute Gasteiger partial charge is 0.355 e. The van der Waals surface area contributed by atoms with Gasteiger partial charge in [0.2, 0.25) is 0 Å². The minimum Gasteiger partial charge on any atom is -0.355 e. The van der Waals surface area contributed by atoms with Crippen LogP contribution in [0.3, 0.4) is 0 Å². The zero-order valence-electron chi connectivity index (χ0n) is 10.7. The van der Waals surface area contributed by atoms with Gasteiger partial charge in [-0.25, -0.2) is 4.98 Å². The van der Waals surface area contributed by atoms with Crippen LogP contribution in [0.25, 0.3) is 4.96 Å². The fourth-order valence-corrected chi connectivity index (χ4v) is 2.84. The predicted octanol–water partition coefficient (Wildman–Crippen LogP) is 2.48. The highest BCUT2D eigenvalue weighted by molar-refractivity contribution is 7.15. The third kappa shape index (κ3) is 2.17. The molecule has 0 saturated heterocycles. The number of rotatable bonds is 5. The quantitative estimate of drug-likeness (QED) is 0.889. The molecule has 5 heteroatoms. The van der Waals surface area contributed by atoms with Crippen LogP contribution < -0.4 is 10.6 Å². The first-order valence-electron chi connectivity index (χ1n) is 6.06. The zero-order chi connectivity index (χ0) is 12.4. The molecule has 2 heterocycles. The van der Waals surface area contributed by atoms with E-state index in [-0.39, 0.29) is 0 Å². The molecule has 0 aromatic carbocycles. The summed E-state index contributed by atoms with van der Waals surface area (Å²) in [6.07, 6.45) is 4.40. The van der Waals surface area contributed by atoms with Crippen molar-refractivity contribution in [3.05, 3.63) is 17.3 Å². The number of aromatic nitrogens is 2. The second-order valence-corrected chi connectivity index (χ2v) is 5.26. The zero-order valence-corrected chi connectivity index (χ0v) is 11.5. The molecule has 1 unspecified atom stereocenters. The van der Waals surface area contributed by atoms with E-state index in [1.165, 1.54) is 12.8 Å². The van der Waals surface area contributed by atoms with Crippen LogP contribution in [0.1, 0.15) is 32.4 Å². The number of nitrogens with zero attached hydrogens (tertiary/aromatic N) is 3. The summed E-state index contributed by atoms with van der Waals surface area (Å²) in [4.78, 5) is 7.94. The third-order valence-corrected chi connectivity index (χ3v) is 3.99. The summed E-state index contributed by atoms with van der Waals surface area (Å²) in [5, 5.41) is 2.04. The molecule has 1 atom stereocenters. The molecular weight excluding hydrogens is 232 g/mol. The number of anilines is 1. The van der Waals surface area contributed by atoms with Gasteiger partial charge >= 0.3 is 0 Å². The second-order valence-electron chi connectivity index (χ2n) is 4.39. The van der Waals surface area contributed by atoms with E-state index >= 15 is 0 Å². The second kappa shape index (κ2) is 5.06. The molecule has 2 aromatic rings. The van der Waals surface area contributed by atoms with E-state index in [0.717, 1.165) is 16.5 Å². The van der Waals surface area contributed by atoms with Gasteiger partial charge in [0.25, 0.3) is 0 Å². The molecular formula is C12H20N4S. The van der Waals surface area contributed by atoms with Gasteiger partial charge in [0, 0.05) is 31.2 Å². The fourth-order valence-electron chi connectivity index (χ4n) is 2.11. The third-order valence-electron chi connectivity index (χ3n) is 3.23. The molecule has 0 aliphatic carbocycles. The van der Waals surface area contributed by atoms with Gasteiger partial charge in [-0.1, -0.05) is 13.3 Å². The van der Waals surface area contributed by atoms with Crippen LogP contribution in [0.2, 0.25) is 0 Å². The van der Waals surface area contributed by atoms with E-state index in [1.807, 2.05) is 11.6 Å².